The van der Waals surface area contributed by atoms with E-state index in [1.54, 1.807) is 4.90 Å². The number of nitrogens with one attached hydrogen (secondary N) is 2. The molecule has 2 N–H and O–H groups in total. The van der Waals surface area contributed by atoms with Gasteiger partial charge in [0.05, 0.1) is 17.2 Å². The van der Waals surface area contributed by atoms with Crippen molar-refractivity contribution < 1.29 is 9.59 Å². The van der Waals surface area contributed by atoms with Crippen molar-refractivity contribution >= 4 is 28.7 Å². The predicted molar refractivity (Wildman–Crippen MR) is 107 cm³/mol. The molecule has 0 radical (unpaired) electrons. The van der Waals surface area contributed by atoms with Gasteiger partial charge in [-0.15, -0.1) is 0 Å². The van der Waals surface area contributed by atoms with E-state index in [2.05, 4.69) is 20.6 Å². The summed E-state index contributed by atoms with van der Waals surface area (Å²) >= 11 is 0. The molecular weight excluding hydrogens is 354 g/mol. The summed E-state index contributed by atoms with van der Waals surface area (Å²) in [5.41, 5.74) is 2.54. The van der Waals surface area contributed by atoms with E-state index in [0.29, 0.717) is 37.1 Å². The molecule has 0 atom stereocenters. The molecule has 7 heteroatoms. The summed E-state index contributed by atoms with van der Waals surface area (Å²) in [7, 11) is 0. The van der Waals surface area contributed by atoms with Gasteiger partial charge in [0.15, 0.2) is 0 Å². The van der Waals surface area contributed by atoms with Gasteiger partial charge in [-0.25, -0.2) is 9.78 Å². The first kappa shape index (κ1) is 17.9. The van der Waals surface area contributed by atoms with Gasteiger partial charge in [-0.1, -0.05) is 30.3 Å². The third-order valence-corrected chi connectivity index (χ3v) is 4.82. The number of amides is 3. The fraction of sp³-hybridized carbons (Fsp3) is 0.238. The van der Waals surface area contributed by atoms with Crippen molar-refractivity contribution in [2.45, 2.75) is 18.9 Å². The molecule has 1 fully saturated rings. The van der Waals surface area contributed by atoms with Gasteiger partial charge >= 0.3 is 6.03 Å². The molecule has 0 bridgehead atoms. The van der Waals surface area contributed by atoms with Crippen LogP contribution in [0.2, 0.25) is 0 Å². The Kier molecular flexibility index (Phi) is 5.14. The first-order valence-electron chi connectivity index (χ1n) is 9.33. The van der Waals surface area contributed by atoms with Crippen molar-refractivity contribution in [1.82, 2.24) is 20.2 Å². The topological polar surface area (TPSA) is 87.2 Å². The van der Waals surface area contributed by atoms with Crippen molar-refractivity contribution in [3.8, 4) is 0 Å². The Labute approximate surface area is 162 Å². The van der Waals surface area contributed by atoms with Gasteiger partial charge in [0.2, 0.25) is 0 Å². The number of carbonyl (C=O) groups is 2. The van der Waals surface area contributed by atoms with Crippen LogP contribution in [-0.2, 0) is 0 Å². The number of aromatic nitrogens is 2. The number of carbonyl (C=O) groups excluding carboxylic acids is 2. The van der Waals surface area contributed by atoms with Crippen LogP contribution >= 0.6 is 0 Å². The molecule has 0 unspecified atom stereocenters. The molecule has 28 heavy (non-hydrogen) atoms. The molecule has 7 nitrogen and oxygen atoms in total. The lowest BCUT2D eigenvalue weighted by Gasteiger charge is -2.32. The van der Waals surface area contributed by atoms with E-state index in [4.69, 9.17) is 0 Å². The Morgan fingerprint density at radius 1 is 0.929 bits per heavy atom. The van der Waals surface area contributed by atoms with E-state index in [-0.39, 0.29) is 18.0 Å². The molecule has 142 valence electrons. The van der Waals surface area contributed by atoms with E-state index < -0.39 is 0 Å². The van der Waals surface area contributed by atoms with Crippen molar-refractivity contribution in [1.29, 1.82) is 0 Å². The van der Waals surface area contributed by atoms with Crippen LogP contribution in [0, 0.1) is 0 Å². The molecule has 0 saturated carbocycles. The van der Waals surface area contributed by atoms with E-state index >= 15 is 0 Å². The van der Waals surface area contributed by atoms with Gasteiger partial charge in [-0.2, -0.15) is 0 Å². The third-order valence-electron chi connectivity index (χ3n) is 4.82. The molecule has 0 aliphatic carbocycles. The number of para-hydroxylation sites is 3. The second kappa shape index (κ2) is 8.04. The highest BCUT2D eigenvalue weighted by Crippen LogP contribution is 2.14. The lowest BCUT2D eigenvalue weighted by Crippen LogP contribution is -2.47. The maximum atomic E-state index is 12.5. The molecule has 2 aromatic carbocycles. The summed E-state index contributed by atoms with van der Waals surface area (Å²) in [5, 5.41) is 5.90. The Bertz CT molecular complexity index is 984. The zero-order valence-electron chi connectivity index (χ0n) is 15.3. The molecule has 4 rings (SSSR count). The van der Waals surface area contributed by atoms with Crippen LogP contribution in [0.5, 0.6) is 0 Å². The molecular formula is C21H21N5O2. The van der Waals surface area contributed by atoms with Crippen LogP contribution in [0.25, 0.3) is 11.0 Å². The van der Waals surface area contributed by atoms with E-state index in [1.165, 1.54) is 6.20 Å². The van der Waals surface area contributed by atoms with Crippen LogP contribution in [0.4, 0.5) is 10.5 Å². The van der Waals surface area contributed by atoms with Crippen LogP contribution in [0.1, 0.15) is 23.3 Å². The number of hydrogen-bond acceptors (Lipinski definition) is 4. The minimum Gasteiger partial charge on any atom is -0.348 e. The maximum Gasteiger partial charge on any atom is 0.321 e. The van der Waals surface area contributed by atoms with Crippen molar-refractivity contribution in [3.63, 3.8) is 0 Å². The van der Waals surface area contributed by atoms with Gasteiger partial charge in [-0.05, 0) is 37.1 Å². The Hall–Kier alpha value is -3.48. The zero-order valence-corrected chi connectivity index (χ0v) is 15.3. The van der Waals surface area contributed by atoms with Gasteiger partial charge in [0, 0.05) is 24.8 Å². The van der Waals surface area contributed by atoms with E-state index in [1.807, 2.05) is 54.6 Å². The average molecular weight is 375 g/mol. The van der Waals surface area contributed by atoms with Crippen molar-refractivity contribution in [2.75, 3.05) is 18.4 Å². The summed E-state index contributed by atoms with van der Waals surface area (Å²) in [6.07, 6.45) is 2.91. The summed E-state index contributed by atoms with van der Waals surface area (Å²) in [5.74, 6) is -0.231. The second-order valence-electron chi connectivity index (χ2n) is 6.77. The Balaban J connectivity index is 1.31. The quantitative estimate of drug-likeness (QED) is 0.737. The number of benzene rings is 2. The van der Waals surface area contributed by atoms with Crippen LogP contribution in [0.15, 0.2) is 60.8 Å². The van der Waals surface area contributed by atoms with Crippen LogP contribution in [0.3, 0.4) is 0 Å². The van der Waals surface area contributed by atoms with Gasteiger partial charge in [0.1, 0.15) is 5.69 Å². The number of urea groups is 1. The number of piperidine rings is 1. The van der Waals surface area contributed by atoms with Crippen molar-refractivity contribution in [2.24, 2.45) is 0 Å². The number of anilines is 1. The maximum absolute atomic E-state index is 12.5. The SMILES string of the molecule is O=C(NC1CCN(C(=O)Nc2ccccc2)CC1)c1cnc2ccccc2n1. The van der Waals surface area contributed by atoms with Gasteiger partial charge < -0.3 is 15.5 Å². The zero-order chi connectivity index (χ0) is 19.3. The number of hydrogen-bond donors (Lipinski definition) is 2. The summed E-state index contributed by atoms with van der Waals surface area (Å²) in [6.45, 7) is 1.18. The number of fused-ring (bicyclic) bond motifs is 1. The lowest BCUT2D eigenvalue weighted by molar-refractivity contribution is 0.0914. The molecule has 1 aromatic heterocycles. The molecule has 1 saturated heterocycles. The normalized spacial score (nSPS) is 14.6. The van der Waals surface area contributed by atoms with Crippen molar-refractivity contribution in [3.05, 3.63) is 66.5 Å². The number of nitrogens with zero attached hydrogens (tertiary/aromatic N) is 3. The highest BCUT2D eigenvalue weighted by atomic mass is 16.2. The first-order valence-corrected chi connectivity index (χ1v) is 9.33. The highest BCUT2D eigenvalue weighted by molar-refractivity contribution is 5.94. The van der Waals surface area contributed by atoms with E-state index in [9.17, 15) is 9.59 Å². The molecule has 3 aromatic rings. The summed E-state index contributed by atoms with van der Waals surface area (Å²) in [4.78, 5) is 35.3. The Morgan fingerprint density at radius 2 is 1.61 bits per heavy atom. The minimum absolute atomic E-state index is 0.0153. The third kappa shape index (κ3) is 4.09. The molecule has 1 aliphatic rings. The molecule has 2 heterocycles. The van der Waals surface area contributed by atoms with Crippen LogP contribution < -0.4 is 10.6 Å². The summed E-state index contributed by atoms with van der Waals surface area (Å²) < 4.78 is 0. The standard InChI is InChI=1S/C21H21N5O2/c27-20(19-14-22-17-8-4-5-9-18(17)25-19)23-16-10-12-26(13-11-16)21(28)24-15-6-2-1-3-7-15/h1-9,14,16H,10-13H2,(H,23,27)(H,24,28). The Morgan fingerprint density at radius 3 is 2.36 bits per heavy atom. The van der Waals surface area contributed by atoms with E-state index in [0.717, 1.165) is 11.2 Å². The number of likely N-dealkylation sites (tertiary alicyclic amines) is 1. The molecule has 0 spiro atoms. The van der Waals surface area contributed by atoms with Crippen LogP contribution in [-0.4, -0.2) is 45.9 Å². The smallest absolute Gasteiger partial charge is 0.321 e. The minimum atomic E-state index is -0.231. The predicted octanol–water partition coefficient (Wildman–Crippen LogP) is 3.06. The second-order valence-corrected chi connectivity index (χ2v) is 6.77. The lowest BCUT2D eigenvalue weighted by atomic mass is 10.1. The monoisotopic (exact) mass is 375 g/mol. The summed E-state index contributed by atoms with van der Waals surface area (Å²) in [6, 6.07) is 16.7. The molecule has 1 aliphatic heterocycles. The number of rotatable bonds is 3. The van der Waals surface area contributed by atoms with Gasteiger partial charge in [-0.3, -0.25) is 9.78 Å². The molecule has 3 amide bonds. The fourth-order valence-corrected chi connectivity index (χ4v) is 3.28. The largest absolute Gasteiger partial charge is 0.348 e. The highest BCUT2D eigenvalue weighted by Gasteiger charge is 2.24. The fourth-order valence-electron chi connectivity index (χ4n) is 3.28. The first-order chi connectivity index (χ1) is 13.7. The average Bonchev–Trinajstić information content (AvgIpc) is 2.74. The van der Waals surface area contributed by atoms with Gasteiger partial charge in [0.25, 0.3) is 5.91 Å².